The first-order chi connectivity index (χ1) is 8.13. The van der Waals surface area contributed by atoms with Gasteiger partial charge in [-0.15, -0.1) is 0 Å². The number of aliphatic hydroxyl groups is 1. The SMILES string of the molecule is CCN(CC)[C@H](C)[C@@H](O)c1ccc(OC)cc1. The van der Waals surface area contributed by atoms with Crippen molar-refractivity contribution in [2.75, 3.05) is 20.2 Å². The molecule has 0 radical (unpaired) electrons. The zero-order chi connectivity index (χ0) is 12.8. The monoisotopic (exact) mass is 237 g/mol. The minimum Gasteiger partial charge on any atom is -0.497 e. The van der Waals surface area contributed by atoms with E-state index in [-0.39, 0.29) is 6.04 Å². The van der Waals surface area contributed by atoms with E-state index < -0.39 is 6.10 Å². The summed E-state index contributed by atoms with van der Waals surface area (Å²) in [5.41, 5.74) is 0.935. The van der Waals surface area contributed by atoms with Crippen LogP contribution in [0, 0.1) is 0 Å². The van der Waals surface area contributed by atoms with E-state index in [1.807, 2.05) is 24.3 Å². The van der Waals surface area contributed by atoms with Gasteiger partial charge in [0.05, 0.1) is 13.2 Å². The molecule has 0 fully saturated rings. The van der Waals surface area contributed by atoms with Gasteiger partial charge in [-0.05, 0) is 37.7 Å². The third kappa shape index (κ3) is 3.45. The van der Waals surface area contributed by atoms with Gasteiger partial charge >= 0.3 is 0 Å². The number of ether oxygens (including phenoxy) is 1. The van der Waals surface area contributed by atoms with Crippen LogP contribution in [0.3, 0.4) is 0 Å². The molecule has 0 bridgehead atoms. The Morgan fingerprint density at radius 2 is 1.71 bits per heavy atom. The van der Waals surface area contributed by atoms with Crippen LogP contribution in [0.15, 0.2) is 24.3 Å². The topological polar surface area (TPSA) is 32.7 Å². The molecule has 17 heavy (non-hydrogen) atoms. The van der Waals surface area contributed by atoms with Gasteiger partial charge < -0.3 is 9.84 Å². The van der Waals surface area contributed by atoms with Crippen molar-refractivity contribution in [1.82, 2.24) is 4.90 Å². The molecule has 1 aromatic rings. The molecule has 0 aromatic heterocycles. The van der Waals surface area contributed by atoms with E-state index in [2.05, 4.69) is 25.7 Å². The highest BCUT2D eigenvalue weighted by molar-refractivity contribution is 5.29. The molecule has 3 heteroatoms. The fourth-order valence-corrected chi connectivity index (χ4v) is 2.08. The Morgan fingerprint density at radius 1 is 1.18 bits per heavy atom. The van der Waals surface area contributed by atoms with Crippen molar-refractivity contribution in [3.8, 4) is 5.75 Å². The van der Waals surface area contributed by atoms with Gasteiger partial charge in [0.25, 0.3) is 0 Å². The highest BCUT2D eigenvalue weighted by Crippen LogP contribution is 2.22. The summed E-state index contributed by atoms with van der Waals surface area (Å²) in [6, 6.07) is 7.73. The van der Waals surface area contributed by atoms with Crippen molar-refractivity contribution in [3.05, 3.63) is 29.8 Å². The standard InChI is InChI=1S/C14H23NO2/c1-5-15(6-2)11(3)14(16)12-7-9-13(17-4)10-8-12/h7-11,14,16H,5-6H2,1-4H3/t11-,14-/m1/s1. The second kappa shape index (κ2) is 6.62. The predicted molar refractivity (Wildman–Crippen MR) is 70.3 cm³/mol. The molecule has 1 rings (SSSR count). The molecule has 0 saturated heterocycles. The van der Waals surface area contributed by atoms with Crippen molar-refractivity contribution in [1.29, 1.82) is 0 Å². The zero-order valence-electron chi connectivity index (χ0n) is 11.2. The molecule has 0 heterocycles. The number of hydrogen-bond donors (Lipinski definition) is 1. The maximum Gasteiger partial charge on any atom is 0.118 e. The number of rotatable bonds is 6. The third-order valence-corrected chi connectivity index (χ3v) is 3.30. The number of hydrogen-bond acceptors (Lipinski definition) is 3. The first-order valence-electron chi connectivity index (χ1n) is 6.20. The van der Waals surface area contributed by atoms with Crippen LogP contribution in [0.2, 0.25) is 0 Å². The van der Waals surface area contributed by atoms with Gasteiger partial charge in [-0.25, -0.2) is 0 Å². The van der Waals surface area contributed by atoms with E-state index in [4.69, 9.17) is 4.74 Å². The van der Waals surface area contributed by atoms with Crippen LogP contribution in [-0.2, 0) is 0 Å². The number of likely N-dealkylation sites (N-methyl/N-ethyl adjacent to an activating group) is 1. The van der Waals surface area contributed by atoms with Crippen LogP contribution in [0.25, 0.3) is 0 Å². The molecular formula is C14H23NO2. The van der Waals surface area contributed by atoms with E-state index in [0.717, 1.165) is 24.4 Å². The summed E-state index contributed by atoms with van der Waals surface area (Å²) in [7, 11) is 1.64. The summed E-state index contributed by atoms with van der Waals surface area (Å²) in [6.07, 6.45) is -0.458. The fraction of sp³-hybridized carbons (Fsp3) is 0.571. The van der Waals surface area contributed by atoms with E-state index in [9.17, 15) is 5.11 Å². The Morgan fingerprint density at radius 3 is 2.12 bits per heavy atom. The van der Waals surface area contributed by atoms with Crippen molar-refractivity contribution in [2.24, 2.45) is 0 Å². The van der Waals surface area contributed by atoms with Crippen molar-refractivity contribution >= 4 is 0 Å². The third-order valence-electron chi connectivity index (χ3n) is 3.30. The van der Waals surface area contributed by atoms with E-state index in [1.54, 1.807) is 7.11 Å². The van der Waals surface area contributed by atoms with Crippen molar-refractivity contribution in [2.45, 2.75) is 32.9 Å². The number of aliphatic hydroxyl groups excluding tert-OH is 1. The molecule has 0 aliphatic carbocycles. The summed E-state index contributed by atoms with van der Waals surface area (Å²) in [5.74, 6) is 0.816. The molecule has 1 aromatic carbocycles. The van der Waals surface area contributed by atoms with E-state index >= 15 is 0 Å². The Bertz CT molecular complexity index is 319. The number of methoxy groups -OCH3 is 1. The number of nitrogens with zero attached hydrogens (tertiary/aromatic N) is 1. The first kappa shape index (κ1) is 14.0. The lowest BCUT2D eigenvalue weighted by Crippen LogP contribution is -2.37. The van der Waals surface area contributed by atoms with Crippen LogP contribution in [0.5, 0.6) is 5.75 Å². The van der Waals surface area contributed by atoms with Gasteiger partial charge in [0.1, 0.15) is 5.75 Å². The summed E-state index contributed by atoms with van der Waals surface area (Å²) in [5, 5.41) is 10.3. The average Bonchev–Trinajstić information content (AvgIpc) is 2.39. The lowest BCUT2D eigenvalue weighted by molar-refractivity contribution is 0.0638. The Hall–Kier alpha value is -1.06. The quantitative estimate of drug-likeness (QED) is 0.825. The molecule has 96 valence electrons. The largest absolute Gasteiger partial charge is 0.497 e. The second-order valence-electron chi connectivity index (χ2n) is 4.18. The molecule has 0 unspecified atom stereocenters. The van der Waals surface area contributed by atoms with Crippen molar-refractivity contribution < 1.29 is 9.84 Å². The Labute approximate surface area is 104 Å². The van der Waals surface area contributed by atoms with E-state index in [1.165, 1.54) is 0 Å². The van der Waals surface area contributed by atoms with Crippen LogP contribution >= 0.6 is 0 Å². The first-order valence-corrected chi connectivity index (χ1v) is 6.20. The molecule has 2 atom stereocenters. The minimum atomic E-state index is -0.458. The maximum atomic E-state index is 10.3. The molecular weight excluding hydrogens is 214 g/mol. The summed E-state index contributed by atoms with van der Waals surface area (Å²) in [4.78, 5) is 2.24. The average molecular weight is 237 g/mol. The highest BCUT2D eigenvalue weighted by atomic mass is 16.5. The molecule has 3 nitrogen and oxygen atoms in total. The van der Waals surface area contributed by atoms with Gasteiger partial charge in [0.15, 0.2) is 0 Å². The zero-order valence-corrected chi connectivity index (χ0v) is 11.2. The maximum absolute atomic E-state index is 10.3. The van der Waals surface area contributed by atoms with Gasteiger partial charge in [-0.2, -0.15) is 0 Å². The second-order valence-corrected chi connectivity index (χ2v) is 4.18. The Kier molecular flexibility index (Phi) is 5.45. The van der Waals surface area contributed by atoms with Gasteiger partial charge in [-0.3, -0.25) is 4.90 Å². The van der Waals surface area contributed by atoms with Gasteiger partial charge in [0, 0.05) is 6.04 Å². The predicted octanol–water partition coefficient (Wildman–Crippen LogP) is 2.46. The Balaban J connectivity index is 2.76. The molecule has 0 aliphatic heterocycles. The normalized spacial score (nSPS) is 14.7. The molecule has 0 aliphatic rings. The molecule has 0 spiro atoms. The lowest BCUT2D eigenvalue weighted by atomic mass is 10.0. The summed E-state index contributed by atoms with van der Waals surface area (Å²) < 4.78 is 5.11. The fourth-order valence-electron chi connectivity index (χ4n) is 2.08. The van der Waals surface area contributed by atoms with Crippen LogP contribution in [0.4, 0.5) is 0 Å². The van der Waals surface area contributed by atoms with Gasteiger partial charge in [0.2, 0.25) is 0 Å². The molecule has 0 saturated carbocycles. The molecule has 1 N–H and O–H groups in total. The van der Waals surface area contributed by atoms with E-state index in [0.29, 0.717) is 0 Å². The van der Waals surface area contributed by atoms with Crippen LogP contribution in [0.1, 0.15) is 32.4 Å². The lowest BCUT2D eigenvalue weighted by Gasteiger charge is -2.30. The van der Waals surface area contributed by atoms with Gasteiger partial charge in [-0.1, -0.05) is 26.0 Å². The smallest absolute Gasteiger partial charge is 0.118 e. The molecule has 0 amide bonds. The summed E-state index contributed by atoms with van der Waals surface area (Å²) in [6.45, 7) is 8.18. The number of benzene rings is 1. The van der Waals surface area contributed by atoms with Crippen LogP contribution < -0.4 is 4.74 Å². The van der Waals surface area contributed by atoms with Crippen LogP contribution in [-0.4, -0.2) is 36.2 Å². The summed E-state index contributed by atoms with van der Waals surface area (Å²) >= 11 is 0. The highest BCUT2D eigenvalue weighted by Gasteiger charge is 2.20. The minimum absolute atomic E-state index is 0.124. The van der Waals surface area contributed by atoms with Crippen molar-refractivity contribution in [3.63, 3.8) is 0 Å².